The van der Waals surface area contributed by atoms with Crippen molar-refractivity contribution in [2.45, 2.75) is 29.5 Å². The lowest BCUT2D eigenvalue weighted by molar-refractivity contribution is -0.126. The standard InChI is InChI=1S/C24H26N2O3S2/c27-24(21-13-7-15-26(18-21)31(28,29)23-14-8-16-30-23)25-22(20-11-5-2-6-12-20)17-19-9-3-1-4-10-19/h1-6,8-12,14,16,21-22H,7,13,15,17-18H2,(H,25,27). The molecule has 162 valence electrons. The van der Waals surface area contributed by atoms with E-state index in [1.807, 2.05) is 48.5 Å². The van der Waals surface area contributed by atoms with Crippen LogP contribution in [0.4, 0.5) is 0 Å². The minimum atomic E-state index is -3.54. The minimum absolute atomic E-state index is 0.0872. The van der Waals surface area contributed by atoms with Gasteiger partial charge in [0, 0.05) is 13.1 Å². The monoisotopic (exact) mass is 454 g/mol. The zero-order chi connectivity index (χ0) is 21.7. The lowest BCUT2D eigenvalue weighted by Crippen LogP contribution is -2.46. The number of hydrogen-bond acceptors (Lipinski definition) is 4. The van der Waals surface area contributed by atoms with Crippen LogP contribution in [0.2, 0.25) is 0 Å². The van der Waals surface area contributed by atoms with Gasteiger partial charge < -0.3 is 5.32 Å². The van der Waals surface area contributed by atoms with Crippen molar-refractivity contribution in [1.82, 2.24) is 9.62 Å². The predicted octanol–water partition coefficient (Wildman–Crippen LogP) is 4.25. The van der Waals surface area contributed by atoms with Gasteiger partial charge in [0.2, 0.25) is 5.91 Å². The summed E-state index contributed by atoms with van der Waals surface area (Å²) in [6.45, 7) is 0.676. The van der Waals surface area contributed by atoms with Crippen LogP contribution in [0, 0.1) is 5.92 Å². The van der Waals surface area contributed by atoms with Crippen LogP contribution in [0.15, 0.2) is 82.4 Å². The Morgan fingerprint density at radius 1 is 1.03 bits per heavy atom. The van der Waals surface area contributed by atoms with Crippen LogP contribution < -0.4 is 5.32 Å². The number of amides is 1. The first-order valence-electron chi connectivity index (χ1n) is 10.5. The van der Waals surface area contributed by atoms with Crippen molar-refractivity contribution in [3.05, 3.63) is 89.3 Å². The molecule has 2 heterocycles. The van der Waals surface area contributed by atoms with E-state index in [0.29, 0.717) is 30.0 Å². The van der Waals surface area contributed by atoms with Crippen LogP contribution in [-0.2, 0) is 21.2 Å². The number of carbonyl (C=O) groups is 1. The van der Waals surface area contributed by atoms with Gasteiger partial charge in [0.25, 0.3) is 10.0 Å². The number of hydrogen-bond donors (Lipinski definition) is 1. The molecule has 0 aliphatic carbocycles. The maximum absolute atomic E-state index is 13.2. The molecule has 31 heavy (non-hydrogen) atoms. The topological polar surface area (TPSA) is 66.5 Å². The van der Waals surface area contributed by atoms with Crippen molar-refractivity contribution in [3.63, 3.8) is 0 Å². The van der Waals surface area contributed by atoms with Crippen molar-refractivity contribution in [2.24, 2.45) is 5.92 Å². The summed E-state index contributed by atoms with van der Waals surface area (Å²) in [4.78, 5) is 13.2. The number of rotatable bonds is 7. The van der Waals surface area contributed by atoms with Crippen LogP contribution >= 0.6 is 11.3 Å². The van der Waals surface area contributed by atoms with E-state index in [2.05, 4.69) is 17.4 Å². The fourth-order valence-electron chi connectivity index (χ4n) is 3.99. The van der Waals surface area contributed by atoms with Crippen LogP contribution in [0.5, 0.6) is 0 Å². The highest BCUT2D eigenvalue weighted by Gasteiger charge is 2.34. The number of nitrogens with one attached hydrogen (secondary N) is 1. The second-order valence-electron chi connectivity index (χ2n) is 7.80. The van der Waals surface area contributed by atoms with Crippen LogP contribution in [0.3, 0.4) is 0 Å². The Hall–Kier alpha value is -2.48. The number of carbonyl (C=O) groups excluding carboxylic acids is 1. The largest absolute Gasteiger partial charge is 0.349 e. The molecule has 1 fully saturated rings. The molecule has 1 aromatic heterocycles. The van der Waals surface area contributed by atoms with Gasteiger partial charge in [0.1, 0.15) is 4.21 Å². The number of thiophene rings is 1. The Balaban J connectivity index is 1.49. The Morgan fingerprint density at radius 3 is 2.42 bits per heavy atom. The van der Waals surface area contributed by atoms with Crippen LogP contribution in [0.25, 0.3) is 0 Å². The van der Waals surface area contributed by atoms with Crippen molar-refractivity contribution >= 4 is 27.3 Å². The molecule has 1 saturated heterocycles. The molecule has 0 bridgehead atoms. The van der Waals surface area contributed by atoms with E-state index in [1.165, 1.54) is 15.6 Å². The zero-order valence-corrected chi connectivity index (χ0v) is 18.8. The summed E-state index contributed by atoms with van der Waals surface area (Å²) in [7, 11) is -3.54. The van der Waals surface area contributed by atoms with Gasteiger partial charge in [-0.05, 0) is 41.8 Å². The summed E-state index contributed by atoms with van der Waals surface area (Å²) in [5.41, 5.74) is 2.18. The summed E-state index contributed by atoms with van der Waals surface area (Å²) in [5, 5.41) is 4.96. The van der Waals surface area contributed by atoms with Gasteiger partial charge in [0.05, 0.1) is 12.0 Å². The average molecular weight is 455 g/mol. The summed E-state index contributed by atoms with van der Waals surface area (Å²) >= 11 is 1.21. The van der Waals surface area contributed by atoms with Crippen LogP contribution in [-0.4, -0.2) is 31.7 Å². The SMILES string of the molecule is O=C(NC(Cc1ccccc1)c1ccccc1)C1CCCN(S(=O)(=O)c2cccs2)C1. The Kier molecular flexibility index (Phi) is 6.85. The van der Waals surface area contributed by atoms with Crippen molar-refractivity contribution in [3.8, 4) is 0 Å². The van der Waals surface area contributed by atoms with E-state index in [-0.39, 0.29) is 24.4 Å². The summed E-state index contributed by atoms with van der Waals surface area (Å²) < 4.78 is 27.6. The summed E-state index contributed by atoms with van der Waals surface area (Å²) in [6.07, 6.45) is 2.05. The van der Waals surface area contributed by atoms with E-state index >= 15 is 0 Å². The molecule has 2 unspecified atom stereocenters. The predicted molar refractivity (Wildman–Crippen MR) is 123 cm³/mol. The molecule has 2 aromatic carbocycles. The molecule has 0 spiro atoms. The molecule has 5 nitrogen and oxygen atoms in total. The molecule has 3 aromatic rings. The second-order valence-corrected chi connectivity index (χ2v) is 10.9. The van der Waals surface area contributed by atoms with E-state index in [9.17, 15) is 13.2 Å². The molecule has 4 rings (SSSR count). The molecule has 0 saturated carbocycles. The highest BCUT2D eigenvalue weighted by molar-refractivity contribution is 7.91. The van der Waals surface area contributed by atoms with Gasteiger partial charge in [-0.25, -0.2) is 8.42 Å². The lowest BCUT2D eigenvalue weighted by atomic mass is 9.95. The fraction of sp³-hybridized carbons (Fsp3) is 0.292. The normalized spacial score (nSPS) is 18.4. The van der Waals surface area contributed by atoms with Gasteiger partial charge in [-0.1, -0.05) is 66.7 Å². The van der Waals surface area contributed by atoms with E-state index in [0.717, 1.165) is 11.1 Å². The Bertz CT molecular complexity index is 1080. The van der Waals surface area contributed by atoms with Crippen LogP contribution in [0.1, 0.15) is 30.0 Å². The van der Waals surface area contributed by atoms with Gasteiger partial charge in [-0.2, -0.15) is 4.31 Å². The molecule has 2 atom stereocenters. The third kappa shape index (κ3) is 5.23. The van der Waals surface area contributed by atoms with Gasteiger partial charge in [-0.15, -0.1) is 11.3 Å². The highest BCUT2D eigenvalue weighted by Crippen LogP contribution is 2.27. The van der Waals surface area contributed by atoms with Gasteiger partial charge in [0.15, 0.2) is 0 Å². The molecular formula is C24H26N2O3S2. The summed E-state index contributed by atoms with van der Waals surface area (Å²) in [5.74, 6) is -0.443. The first-order chi connectivity index (χ1) is 15.0. The van der Waals surface area contributed by atoms with E-state index in [4.69, 9.17) is 0 Å². The maximum Gasteiger partial charge on any atom is 0.252 e. The van der Waals surface area contributed by atoms with Crippen molar-refractivity contribution in [2.75, 3.05) is 13.1 Å². The van der Waals surface area contributed by atoms with Crippen molar-refractivity contribution < 1.29 is 13.2 Å². The number of benzene rings is 2. The van der Waals surface area contributed by atoms with E-state index < -0.39 is 10.0 Å². The Morgan fingerprint density at radius 2 is 1.74 bits per heavy atom. The third-order valence-electron chi connectivity index (χ3n) is 5.65. The van der Waals surface area contributed by atoms with Crippen molar-refractivity contribution in [1.29, 1.82) is 0 Å². The third-order valence-corrected chi connectivity index (χ3v) is 8.88. The first-order valence-corrected chi connectivity index (χ1v) is 12.8. The Labute approximate surface area is 187 Å². The number of nitrogens with zero attached hydrogens (tertiary/aromatic N) is 1. The molecule has 7 heteroatoms. The zero-order valence-electron chi connectivity index (χ0n) is 17.2. The lowest BCUT2D eigenvalue weighted by Gasteiger charge is -2.32. The minimum Gasteiger partial charge on any atom is -0.349 e. The van der Waals surface area contributed by atoms with E-state index in [1.54, 1.807) is 17.5 Å². The molecule has 1 N–H and O–H groups in total. The smallest absolute Gasteiger partial charge is 0.252 e. The van der Waals surface area contributed by atoms with Gasteiger partial charge >= 0.3 is 0 Å². The molecular weight excluding hydrogens is 428 g/mol. The van der Waals surface area contributed by atoms with Gasteiger partial charge in [-0.3, -0.25) is 4.79 Å². The molecule has 1 aliphatic heterocycles. The molecule has 1 aliphatic rings. The maximum atomic E-state index is 13.2. The molecule has 1 amide bonds. The second kappa shape index (κ2) is 9.77. The first kappa shape index (κ1) is 21.7. The quantitative estimate of drug-likeness (QED) is 0.580. The fourth-order valence-corrected chi connectivity index (χ4v) is 6.66. The number of sulfonamides is 1. The summed E-state index contributed by atoms with van der Waals surface area (Å²) in [6, 6.07) is 23.2. The highest BCUT2D eigenvalue weighted by atomic mass is 32.2. The molecule has 0 radical (unpaired) electrons. The number of piperidine rings is 1. The average Bonchev–Trinajstić information content (AvgIpc) is 3.36.